The van der Waals surface area contributed by atoms with Crippen molar-refractivity contribution in [1.29, 1.82) is 0 Å². The maximum atomic E-state index is 12.1. The second kappa shape index (κ2) is 10.7. The summed E-state index contributed by atoms with van der Waals surface area (Å²) in [6.07, 6.45) is 5.64. The van der Waals surface area contributed by atoms with E-state index in [0.29, 0.717) is 17.9 Å². The molecule has 0 bridgehead atoms. The van der Waals surface area contributed by atoms with Gasteiger partial charge in [-0.25, -0.2) is 5.43 Å². The number of phenols is 1. The van der Waals surface area contributed by atoms with E-state index < -0.39 is 10.8 Å². The highest BCUT2D eigenvalue weighted by Crippen LogP contribution is 2.21. The Balaban J connectivity index is 1.88. The number of carbonyl (C=O) groups excluding carboxylic acids is 1. The van der Waals surface area contributed by atoms with E-state index in [4.69, 9.17) is 4.74 Å². The number of carbonyl (C=O) groups is 1. The highest BCUT2D eigenvalue weighted by Gasteiger charge is 2.09. The van der Waals surface area contributed by atoms with Crippen molar-refractivity contribution in [2.75, 3.05) is 6.61 Å². The molecule has 0 saturated carbocycles. The van der Waals surface area contributed by atoms with Crippen molar-refractivity contribution < 1.29 is 19.6 Å². The summed E-state index contributed by atoms with van der Waals surface area (Å²) in [5.41, 5.74) is 2.65. The summed E-state index contributed by atoms with van der Waals surface area (Å²) < 4.78 is 5.63. The summed E-state index contributed by atoms with van der Waals surface area (Å²) in [5.74, 6) is 0.0674. The minimum Gasteiger partial charge on any atom is -0.507 e. The van der Waals surface area contributed by atoms with Crippen molar-refractivity contribution in [2.24, 2.45) is 5.10 Å². The predicted molar refractivity (Wildman–Crippen MR) is 106 cm³/mol. The van der Waals surface area contributed by atoms with Crippen LogP contribution in [-0.4, -0.2) is 28.8 Å². The molecule has 0 aliphatic carbocycles. The minimum atomic E-state index is -0.581. The molecule has 0 spiro atoms. The standard InChI is InChI=1S/C20H23N3O5/c1-2-3-4-5-12-28-18-9-6-15(7-10-18)20(25)22-21-14-16-13-17(23(26)27)8-11-19(16)24/h6-11,13-14,24H,2-5,12H2,1H3,(H,22,25)/b21-14+. The van der Waals surface area contributed by atoms with E-state index in [2.05, 4.69) is 17.5 Å². The molecule has 1 amide bonds. The van der Waals surface area contributed by atoms with Crippen LogP contribution in [0.15, 0.2) is 47.6 Å². The Hall–Kier alpha value is -3.42. The quantitative estimate of drug-likeness (QED) is 0.277. The average molecular weight is 385 g/mol. The number of phenolic OH excluding ortho intramolecular Hbond substituents is 1. The highest BCUT2D eigenvalue weighted by atomic mass is 16.6. The van der Waals surface area contributed by atoms with Gasteiger partial charge in [-0.3, -0.25) is 14.9 Å². The molecule has 0 fully saturated rings. The first-order valence-electron chi connectivity index (χ1n) is 9.05. The summed E-state index contributed by atoms with van der Waals surface area (Å²) in [4.78, 5) is 22.3. The number of nitro benzene ring substituents is 1. The monoisotopic (exact) mass is 385 g/mol. The molecule has 0 unspecified atom stereocenters. The minimum absolute atomic E-state index is 0.126. The Bertz CT molecular complexity index is 834. The zero-order valence-electron chi connectivity index (χ0n) is 15.6. The lowest BCUT2D eigenvalue weighted by Crippen LogP contribution is -2.17. The number of hydrogen-bond donors (Lipinski definition) is 2. The highest BCUT2D eigenvalue weighted by molar-refractivity contribution is 5.95. The first kappa shape index (κ1) is 20.9. The van der Waals surface area contributed by atoms with E-state index in [1.54, 1.807) is 24.3 Å². The summed E-state index contributed by atoms with van der Waals surface area (Å²) in [6, 6.07) is 10.2. The van der Waals surface area contributed by atoms with Gasteiger partial charge in [0.15, 0.2) is 0 Å². The predicted octanol–water partition coefficient (Wildman–Crippen LogP) is 4.02. The molecule has 0 saturated heterocycles. The largest absolute Gasteiger partial charge is 0.507 e. The molecule has 0 heterocycles. The van der Waals surface area contributed by atoms with Crippen molar-refractivity contribution in [1.82, 2.24) is 5.43 Å². The topological polar surface area (TPSA) is 114 Å². The number of non-ortho nitro benzene ring substituents is 1. The number of rotatable bonds is 10. The Morgan fingerprint density at radius 1 is 1.21 bits per heavy atom. The van der Waals surface area contributed by atoms with Crippen LogP contribution in [0.4, 0.5) is 5.69 Å². The van der Waals surface area contributed by atoms with E-state index >= 15 is 0 Å². The molecular weight excluding hydrogens is 362 g/mol. The third-order valence-corrected chi connectivity index (χ3v) is 3.97. The van der Waals surface area contributed by atoms with Crippen molar-refractivity contribution in [2.45, 2.75) is 32.6 Å². The van der Waals surface area contributed by atoms with Crippen LogP contribution in [-0.2, 0) is 0 Å². The summed E-state index contributed by atoms with van der Waals surface area (Å²) >= 11 is 0. The molecule has 0 aliphatic heterocycles. The van der Waals surface area contributed by atoms with E-state index in [1.165, 1.54) is 25.0 Å². The first-order valence-corrected chi connectivity index (χ1v) is 9.05. The van der Waals surface area contributed by atoms with Gasteiger partial charge in [0.05, 0.1) is 17.7 Å². The van der Waals surface area contributed by atoms with Gasteiger partial charge < -0.3 is 9.84 Å². The molecule has 2 aromatic rings. The number of nitrogens with zero attached hydrogens (tertiary/aromatic N) is 2. The first-order chi connectivity index (χ1) is 13.5. The molecule has 2 N–H and O–H groups in total. The van der Waals surface area contributed by atoms with Gasteiger partial charge >= 0.3 is 0 Å². The van der Waals surface area contributed by atoms with Crippen LogP contribution < -0.4 is 10.2 Å². The van der Waals surface area contributed by atoms with Crippen molar-refractivity contribution in [3.05, 3.63) is 63.7 Å². The number of benzene rings is 2. The van der Waals surface area contributed by atoms with Gasteiger partial charge in [-0.1, -0.05) is 26.2 Å². The average Bonchev–Trinajstić information content (AvgIpc) is 2.69. The van der Waals surface area contributed by atoms with Gasteiger partial charge in [0.1, 0.15) is 11.5 Å². The van der Waals surface area contributed by atoms with Crippen LogP contribution in [0, 0.1) is 10.1 Å². The Labute approximate surface area is 163 Å². The number of amides is 1. The van der Waals surface area contributed by atoms with Gasteiger partial charge in [0, 0.05) is 23.3 Å². The molecule has 8 nitrogen and oxygen atoms in total. The third-order valence-electron chi connectivity index (χ3n) is 3.97. The molecule has 0 atom stereocenters. The van der Waals surface area contributed by atoms with Crippen molar-refractivity contribution in [3.8, 4) is 11.5 Å². The molecular formula is C20H23N3O5. The Morgan fingerprint density at radius 2 is 1.96 bits per heavy atom. The molecule has 148 valence electrons. The number of unbranched alkanes of at least 4 members (excludes halogenated alkanes) is 3. The molecule has 2 aromatic carbocycles. The third kappa shape index (κ3) is 6.39. The van der Waals surface area contributed by atoms with Gasteiger partial charge in [0.2, 0.25) is 0 Å². The van der Waals surface area contributed by atoms with Crippen molar-refractivity contribution in [3.63, 3.8) is 0 Å². The zero-order chi connectivity index (χ0) is 20.4. The Kier molecular flexibility index (Phi) is 7.95. The number of hydrazone groups is 1. The van der Waals surface area contributed by atoms with Gasteiger partial charge in [-0.15, -0.1) is 0 Å². The summed E-state index contributed by atoms with van der Waals surface area (Å²) in [6.45, 7) is 2.80. The number of aromatic hydroxyl groups is 1. The fourth-order valence-electron chi connectivity index (χ4n) is 2.41. The fourth-order valence-corrected chi connectivity index (χ4v) is 2.41. The molecule has 8 heteroatoms. The summed E-state index contributed by atoms with van der Waals surface area (Å²) in [7, 11) is 0. The fraction of sp³-hybridized carbons (Fsp3) is 0.300. The molecule has 0 radical (unpaired) electrons. The van der Waals surface area contributed by atoms with E-state index in [1.807, 2.05) is 0 Å². The smallest absolute Gasteiger partial charge is 0.271 e. The van der Waals surface area contributed by atoms with Crippen LogP contribution in [0.2, 0.25) is 0 Å². The van der Waals surface area contributed by atoms with E-state index in [9.17, 15) is 20.0 Å². The van der Waals surface area contributed by atoms with E-state index in [0.717, 1.165) is 25.1 Å². The van der Waals surface area contributed by atoms with E-state index in [-0.39, 0.29) is 17.0 Å². The van der Waals surface area contributed by atoms with Crippen LogP contribution in [0.3, 0.4) is 0 Å². The lowest BCUT2D eigenvalue weighted by molar-refractivity contribution is -0.384. The van der Waals surface area contributed by atoms with Crippen LogP contribution in [0.1, 0.15) is 48.5 Å². The zero-order valence-corrected chi connectivity index (χ0v) is 15.6. The second-order valence-electron chi connectivity index (χ2n) is 6.13. The molecule has 0 aliphatic rings. The molecule has 28 heavy (non-hydrogen) atoms. The molecule has 2 rings (SSSR count). The van der Waals surface area contributed by atoms with Gasteiger partial charge in [-0.05, 0) is 36.8 Å². The normalized spacial score (nSPS) is 10.8. The van der Waals surface area contributed by atoms with Gasteiger partial charge in [0.25, 0.3) is 11.6 Å². The van der Waals surface area contributed by atoms with Crippen LogP contribution >= 0.6 is 0 Å². The molecule has 0 aromatic heterocycles. The Morgan fingerprint density at radius 3 is 2.64 bits per heavy atom. The summed E-state index contributed by atoms with van der Waals surface area (Å²) in [5, 5.41) is 24.2. The maximum absolute atomic E-state index is 12.1. The number of ether oxygens (including phenoxy) is 1. The van der Waals surface area contributed by atoms with Crippen LogP contribution in [0.25, 0.3) is 0 Å². The SMILES string of the molecule is CCCCCCOc1ccc(C(=O)N/N=C/c2cc([N+](=O)[O-])ccc2O)cc1. The maximum Gasteiger partial charge on any atom is 0.271 e. The van der Waals surface area contributed by atoms with Crippen LogP contribution in [0.5, 0.6) is 11.5 Å². The van der Waals surface area contributed by atoms with Gasteiger partial charge in [-0.2, -0.15) is 5.10 Å². The number of nitrogens with one attached hydrogen (secondary N) is 1. The lowest BCUT2D eigenvalue weighted by Gasteiger charge is -2.06. The van der Waals surface area contributed by atoms with Crippen molar-refractivity contribution >= 4 is 17.8 Å². The lowest BCUT2D eigenvalue weighted by atomic mass is 10.2. The number of hydrogen-bond acceptors (Lipinski definition) is 6. The number of nitro groups is 1. The second-order valence-corrected chi connectivity index (χ2v) is 6.13.